The molecule has 0 aromatic heterocycles. The molecule has 13 heteroatoms. The van der Waals surface area contributed by atoms with E-state index in [1.807, 2.05) is 0 Å². The summed E-state index contributed by atoms with van der Waals surface area (Å²) in [5.41, 5.74) is -3.48. The zero-order valence-corrected chi connectivity index (χ0v) is 24.0. The van der Waals surface area contributed by atoms with Gasteiger partial charge in [0, 0.05) is 26.4 Å². The second-order valence-corrected chi connectivity index (χ2v) is 10.6. The van der Waals surface area contributed by atoms with Gasteiger partial charge in [-0.25, -0.2) is 22.4 Å². The molecule has 1 heterocycles. The van der Waals surface area contributed by atoms with Gasteiger partial charge in [0.25, 0.3) is 5.92 Å². The Morgan fingerprint density at radius 3 is 2.27 bits per heavy atom. The lowest BCUT2D eigenvalue weighted by atomic mass is 9.77. The van der Waals surface area contributed by atoms with Crippen LogP contribution < -0.4 is 10.1 Å². The Bertz CT molecular complexity index is 1520. The minimum atomic E-state index is -5.00. The maximum absolute atomic E-state index is 14.9. The van der Waals surface area contributed by atoms with Crippen molar-refractivity contribution in [3.8, 4) is 5.75 Å². The van der Waals surface area contributed by atoms with Gasteiger partial charge in [-0.1, -0.05) is 36.4 Å². The number of hydrogen-bond donors (Lipinski definition) is 1. The molecule has 44 heavy (non-hydrogen) atoms. The minimum Gasteiger partial charge on any atom is -0.494 e. The average Bonchev–Trinajstić information content (AvgIpc) is 3.31. The monoisotopic (exact) mass is 625 g/mol. The molecular weight excluding hydrogens is 595 g/mol. The number of likely N-dealkylation sites (tertiary alicyclic amines) is 1. The van der Waals surface area contributed by atoms with Crippen molar-refractivity contribution in [3.63, 3.8) is 0 Å². The number of halogens is 7. The van der Waals surface area contributed by atoms with Crippen molar-refractivity contribution in [2.24, 2.45) is 0 Å². The van der Waals surface area contributed by atoms with E-state index in [0.717, 1.165) is 30.2 Å². The predicted octanol–water partition coefficient (Wildman–Crippen LogP) is 6.38. The topological polar surface area (TPSA) is 61.9 Å². The van der Waals surface area contributed by atoms with Gasteiger partial charge in [-0.05, 0) is 53.9 Å². The van der Waals surface area contributed by atoms with Gasteiger partial charge in [-0.15, -0.1) is 0 Å². The molecule has 4 rings (SSSR count). The van der Waals surface area contributed by atoms with Gasteiger partial charge in [0.05, 0.1) is 24.8 Å². The number of benzene rings is 3. The van der Waals surface area contributed by atoms with E-state index in [0.29, 0.717) is 16.5 Å². The first kappa shape index (κ1) is 32.6. The van der Waals surface area contributed by atoms with Gasteiger partial charge in [-0.3, -0.25) is 4.79 Å². The molecule has 1 aliphatic rings. The molecular formula is C31H30F7N3O3. The molecule has 0 aliphatic carbocycles. The van der Waals surface area contributed by atoms with Crippen LogP contribution in [0.3, 0.4) is 0 Å². The molecule has 1 aliphatic heterocycles. The van der Waals surface area contributed by atoms with Crippen molar-refractivity contribution in [2.45, 2.75) is 43.4 Å². The number of alkyl halides is 5. The van der Waals surface area contributed by atoms with Crippen LogP contribution in [0, 0.1) is 11.6 Å². The summed E-state index contributed by atoms with van der Waals surface area (Å²) in [6, 6.07) is 10.2. The van der Waals surface area contributed by atoms with Crippen LogP contribution in [0.15, 0.2) is 66.7 Å². The van der Waals surface area contributed by atoms with E-state index < -0.39 is 71.3 Å². The summed E-state index contributed by atoms with van der Waals surface area (Å²) in [6.07, 6.45) is -6.30. The zero-order valence-electron chi connectivity index (χ0n) is 24.0. The number of nitrogens with zero attached hydrogens (tertiary/aromatic N) is 2. The fourth-order valence-corrected chi connectivity index (χ4v) is 5.30. The number of amides is 3. The second kappa shape index (κ2) is 12.4. The number of carbonyl (C=O) groups is 2. The quantitative estimate of drug-likeness (QED) is 0.296. The van der Waals surface area contributed by atoms with Crippen molar-refractivity contribution < 1.29 is 45.1 Å². The van der Waals surface area contributed by atoms with E-state index in [4.69, 9.17) is 4.74 Å². The van der Waals surface area contributed by atoms with Crippen LogP contribution in [0.25, 0.3) is 0 Å². The Morgan fingerprint density at radius 1 is 1.00 bits per heavy atom. The van der Waals surface area contributed by atoms with Crippen molar-refractivity contribution in [1.82, 2.24) is 15.1 Å². The SMILES string of the molecule is CCN(C)C(=O)[C@@H]1CC(F)(F)CN1C(=O)N[C@@](Cc1ccccc1)(c1cc(F)cc(C(F)(F)F)c1)c1ccc(F)c(OC)c1. The van der Waals surface area contributed by atoms with Gasteiger partial charge in [0.2, 0.25) is 5.91 Å². The smallest absolute Gasteiger partial charge is 0.416 e. The van der Waals surface area contributed by atoms with Crippen LogP contribution in [0.4, 0.5) is 35.5 Å². The maximum Gasteiger partial charge on any atom is 0.416 e. The van der Waals surface area contributed by atoms with Crippen LogP contribution in [0.5, 0.6) is 5.75 Å². The Labute approximate surface area is 249 Å². The van der Waals surface area contributed by atoms with Crippen LogP contribution >= 0.6 is 0 Å². The number of likely N-dealkylation sites (N-methyl/N-ethyl adjacent to an activating group) is 1. The van der Waals surface area contributed by atoms with Gasteiger partial charge >= 0.3 is 12.2 Å². The summed E-state index contributed by atoms with van der Waals surface area (Å²) in [5, 5.41) is 2.58. The third-order valence-electron chi connectivity index (χ3n) is 7.66. The number of hydrogen-bond acceptors (Lipinski definition) is 3. The number of ether oxygens (including phenoxy) is 1. The van der Waals surface area contributed by atoms with Crippen molar-refractivity contribution in [1.29, 1.82) is 0 Å². The number of urea groups is 1. The minimum absolute atomic E-state index is 0.0359. The molecule has 1 N–H and O–H groups in total. The molecule has 3 aromatic rings. The molecule has 2 atom stereocenters. The lowest BCUT2D eigenvalue weighted by Crippen LogP contribution is -2.56. The molecule has 3 amide bonds. The molecule has 0 bridgehead atoms. The Morgan fingerprint density at radius 2 is 1.66 bits per heavy atom. The fourth-order valence-electron chi connectivity index (χ4n) is 5.30. The van der Waals surface area contributed by atoms with E-state index in [2.05, 4.69) is 5.32 Å². The van der Waals surface area contributed by atoms with Crippen LogP contribution in [-0.4, -0.2) is 60.9 Å². The molecule has 0 radical (unpaired) electrons. The lowest BCUT2D eigenvalue weighted by molar-refractivity contribution is -0.138. The third kappa shape index (κ3) is 6.76. The Kier molecular flexibility index (Phi) is 9.17. The van der Waals surface area contributed by atoms with Crippen molar-refractivity contribution >= 4 is 11.9 Å². The number of nitrogens with one attached hydrogen (secondary N) is 1. The van der Waals surface area contributed by atoms with E-state index in [1.54, 1.807) is 37.3 Å². The highest BCUT2D eigenvalue weighted by Gasteiger charge is 2.52. The fraction of sp³-hybridized carbons (Fsp3) is 0.355. The molecule has 1 saturated heterocycles. The summed E-state index contributed by atoms with van der Waals surface area (Å²) in [7, 11) is 2.53. The molecule has 0 saturated carbocycles. The first-order valence-electron chi connectivity index (χ1n) is 13.6. The highest BCUT2D eigenvalue weighted by atomic mass is 19.4. The predicted molar refractivity (Wildman–Crippen MR) is 147 cm³/mol. The number of rotatable bonds is 8. The summed E-state index contributed by atoms with van der Waals surface area (Å²) in [5.74, 6) is -6.68. The van der Waals surface area contributed by atoms with Gasteiger partial charge in [0.15, 0.2) is 11.6 Å². The highest BCUT2D eigenvalue weighted by molar-refractivity contribution is 5.88. The average molecular weight is 626 g/mol. The lowest BCUT2D eigenvalue weighted by Gasteiger charge is -2.39. The largest absolute Gasteiger partial charge is 0.494 e. The molecule has 6 nitrogen and oxygen atoms in total. The highest BCUT2D eigenvalue weighted by Crippen LogP contribution is 2.41. The van der Waals surface area contributed by atoms with Gasteiger partial charge < -0.3 is 19.9 Å². The summed E-state index contributed by atoms with van der Waals surface area (Å²) >= 11 is 0. The second-order valence-electron chi connectivity index (χ2n) is 10.6. The first-order valence-corrected chi connectivity index (χ1v) is 13.6. The molecule has 1 fully saturated rings. The van der Waals surface area contributed by atoms with Crippen molar-refractivity contribution in [3.05, 3.63) is 101 Å². The third-order valence-corrected chi connectivity index (χ3v) is 7.66. The molecule has 0 unspecified atom stereocenters. The van der Waals surface area contributed by atoms with E-state index in [1.165, 1.54) is 13.1 Å². The first-order chi connectivity index (χ1) is 20.6. The van der Waals surface area contributed by atoms with Gasteiger partial charge in [-0.2, -0.15) is 13.2 Å². The number of methoxy groups -OCH3 is 1. The van der Waals surface area contributed by atoms with E-state index in [9.17, 15) is 40.3 Å². The number of carbonyl (C=O) groups excluding carboxylic acids is 2. The van der Waals surface area contributed by atoms with E-state index in [-0.39, 0.29) is 30.3 Å². The van der Waals surface area contributed by atoms with Crippen molar-refractivity contribution in [2.75, 3.05) is 27.2 Å². The zero-order chi connectivity index (χ0) is 32.4. The van der Waals surface area contributed by atoms with Crippen LogP contribution in [-0.2, 0) is 22.9 Å². The van der Waals surface area contributed by atoms with E-state index >= 15 is 0 Å². The molecule has 3 aromatic carbocycles. The Balaban J connectivity index is 1.97. The summed E-state index contributed by atoms with van der Waals surface area (Å²) in [6.45, 7) is 0.621. The molecule has 0 spiro atoms. The summed E-state index contributed by atoms with van der Waals surface area (Å²) < 4.78 is 106. The Hall–Kier alpha value is -4.29. The molecule has 236 valence electrons. The summed E-state index contributed by atoms with van der Waals surface area (Å²) in [4.78, 5) is 28.8. The van der Waals surface area contributed by atoms with Crippen LogP contribution in [0.1, 0.15) is 35.6 Å². The maximum atomic E-state index is 14.9. The normalized spacial score (nSPS) is 17.6. The van der Waals surface area contributed by atoms with Gasteiger partial charge in [0.1, 0.15) is 11.9 Å². The standard InChI is InChI=1S/C31H30F7N3O3/c1-4-40(2)27(42)25-17-29(34,35)18-41(25)28(43)39-30(16-19-8-6-5-7-9-19,20-10-11-24(33)26(15-20)44-3)21-12-22(31(36,37)38)14-23(32)13-21/h5-15,25H,4,16-18H2,1-3H3,(H,39,43)/t25-,30+/m0/s1. The van der Waals surface area contributed by atoms with Crippen LogP contribution in [0.2, 0.25) is 0 Å².